The molecule has 3 nitrogen and oxygen atoms in total. The second kappa shape index (κ2) is 5.13. The van der Waals surface area contributed by atoms with E-state index in [9.17, 15) is 0 Å². The molecule has 4 heteroatoms. The Kier molecular flexibility index (Phi) is 4.10. The second-order valence-electron chi connectivity index (χ2n) is 4.19. The molecule has 0 saturated carbocycles. The van der Waals surface area contributed by atoms with Gasteiger partial charge in [-0.05, 0) is 30.3 Å². The van der Waals surface area contributed by atoms with Crippen LogP contribution in [-0.2, 0) is 0 Å². The van der Waals surface area contributed by atoms with Gasteiger partial charge in [-0.25, -0.2) is 0 Å². The highest BCUT2D eigenvalue weighted by Gasteiger charge is 2.12. The Hall–Kier alpha value is -1.08. The molecule has 1 rings (SSSR count). The maximum Gasteiger partial charge on any atom is 0.127 e. The van der Waals surface area contributed by atoms with Crippen LogP contribution in [0.2, 0.25) is 0 Å². The summed E-state index contributed by atoms with van der Waals surface area (Å²) in [5, 5.41) is 13.1. The van der Waals surface area contributed by atoms with E-state index in [2.05, 4.69) is 36.5 Å². The number of aryl methyl sites for hydroxylation is 1. The van der Waals surface area contributed by atoms with Crippen molar-refractivity contribution in [1.82, 2.24) is 4.37 Å². The predicted octanol–water partition coefficient (Wildman–Crippen LogP) is 3.03. The van der Waals surface area contributed by atoms with Gasteiger partial charge in [0.05, 0.1) is 5.69 Å². The summed E-state index contributed by atoms with van der Waals surface area (Å²) >= 11 is 1.37. The average molecular weight is 223 g/mol. The number of hydrogen-bond acceptors (Lipinski definition) is 4. The molecule has 1 atom stereocenters. The van der Waals surface area contributed by atoms with E-state index in [1.807, 2.05) is 6.92 Å². The lowest BCUT2D eigenvalue weighted by molar-refractivity contribution is 0.440. The Balaban J connectivity index is 2.62. The van der Waals surface area contributed by atoms with Crippen LogP contribution in [-0.4, -0.2) is 10.9 Å². The first-order chi connectivity index (χ1) is 7.06. The van der Waals surface area contributed by atoms with Crippen LogP contribution >= 0.6 is 11.5 Å². The van der Waals surface area contributed by atoms with Crippen molar-refractivity contribution in [1.29, 1.82) is 5.26 Å². The summed E-state index contributed by atoms with van der Waals surface area (Å²) in [6, 6.07) is 2.18. The number of nitrogens with zero attached hydrogens (tertiary/aromatic N) is 2. The summed E-state index contributed by atoms with van der Waals surface area (Å²) in [5.74, 6) is 1.25. The zero-order valence-electron chi connectivity index (χ0n) is 9.66. The highest BCUT2D eigenvalue weighted by molar-refractivity contribution is 7.10. The van der Waals surface area contributed by atoms with Crippen LogP contribution in [0.5, 0.6) is 0 Å². The summed E-state index contributed by atoms with van der Waals surface area (Å²) in [6.07, 6.45) is 0. The van der Waals surface area contributed by atoms with Crippen molar-refractivity contribution in [2.45, 2.75) is 27.7 Å². The topological polar surface area (TPSA) is 48.7 Å². The van der Waals surface area contributed by atoms with Gasteiger partial charge in [-0.15, -0.1) is 0 Å². The molecular formula is C11H17N3S. The van der Waals surface area contributed by atoms with Gasteiger partial charge in [0.2, 0.25) is 0 Å². The monoisotopic (exact) mass is 223 g/mol. The van der Waals surface area contributed by atoms with Gasteiger partial charge in [-0.3, -0.25) is 0 Å². The Morgan fingerprint density at radius 1 is 1.47 bits per heavy atom. The highest BCUT2D eigenvalue weighted by atomic mass is 32.1. The molecule has 82 valence electrons. The number of nitrogens with one attached hydrogen (secondary N) is 1. The lowest BCUT2D eigenvalue weighted by Crippen LogP contribution is -2.16. The third-order valence-electron chi connectivity index (χ3n) is 2.70. The van der Waals surface area contributed by atoms with Gasteiger partial charge in [0, 0.05) is 6.54 Å². The standard InChI is InChI=1S/C11H17N3S/c1-7(2)8(3)6-13-11-10(5-12)9(4)14-15-11/h7-8,13H,6H2,1-4H3. The normalized spacial score (nSPS) is 12.5. The van der Waals surface area contributed by atoms with Crippen LogP contribution < -0.4 is 5.32 Å². The summed E-state index contributed by atoms with van der Waals surface area (Å²) in [7, 11) is 0. The zero-order valence-corrected chi connectivity index (χ0v) is 10.5. The summed E-state index contributed by atoms with van der Waals surface area (Å²) in [4.78, 5) is 0. The molecule has 0 aliphatic heterocycles. The molecule has 0 spiro atoms. The first-order valence-electron chi connectivity index (χ1n) is 5.16. The molecule has 0 fully saturated rings. The van der Waals surface area contributed by atoms with Crippen molar-refractivity contribution in [3.8, 4) is 6.07 Å². The Morgan fingerprint density at radius 3 is 2.67 bits per heavy atom. The second-order valence-corrected chi connectivity index (χ2v) is 4.96. The van der Waals surface area contributed by atoms with Gasteiger partial charge in [-0.1, -0.05) is 20.8 Å². The molecule has 0 amide bonds. The largest absolute Gasteiger partial charge is 0.374 e. The smallest absolute Gasteiger partial charge is 0.127 e. The van der Waals surface area contributed by atoms with E-state index in [4.69, 9.17) is 5.26 Å². The average Bonchev–Trinajstić information content (AvgIpc) is 2.55. The fourth-order valence-corrected chi connectivity index (χ4v) is 1.86. The lowest BCUT2D eigenvalue weighted by Gasteiger charge is -2.15. The summed E-state index contributed by atoms with van der Waals surface area (Å²) < 4.78 is 4.17. The first kappa shape index (κ1) is 12.0. The molecule has 1 unspecified atom stereocenters. The maximum atomic E-state index is 8.94. The lowest BCUT2D eigenvalue weighted by atomic mass is 9.98. The molecule has 0 radical (unpaired) electrons. The first-order valence-corrected chi connectivity index (χ1v) is 5.93. The molecule has 0 aliphatic carbocycles. The number of anilines is 1. The number of nitriles is 1. The van der Waals surface area contributed by atoms with Crippen LogP contribution in [0.1, 0.15) is 32.0 Å². The van der Waals surface area contributed by atoms with E-state index in [1.54, 1.807) is 0 Å². The van der Waals surface area contributed by atoms with Crippen molar-refractivity contribution < 1.29 is 0 Å². The fourth-order valence-electron chi connectivity index (χ4n) is 1.11. The van der Waals surface area contributed by atoms with Gasteiger partial charge in [-0.2, -0.15) is 9.64 Å². The van der Waals surface area contributed by atoms with Crippen molar-refractivity contribution in [2.24, 2.45) is 11.8 Å². The van der Waals surface area contributed by atoms with Gasteiger partial charge in [0.1, 0.15) is 16.6 Å². The predicted molar refractivity (Wildman–Crippen MR) is 64.1 cm³/mol. The molecule has 1 heterocycles. The molecule has 0 saturated heterocycles. The van der Waals surface area contributed by atoms with E-state index in [0.717, 1.165) is 17.2 Å². The van der Waals surface area contributed by atoms with Crippen LogP contribution in [0.25, 0.3) is 0 Å². The van der Waals surface area contributed by atoms with E-state index in [-0.39, 0.29) is 0 Å². The van der Waals surface area contributed by atoms with E-state index >= 15 is 0 Å². The quantitative estimate of drug-likeness (QED) is 0.853. The minimum Gasteiger partial charge on any atom is -0.374 e. The molecule has 1 aromatic rings. The van der Waals surface area contributed by atoms with Gasteiger partial charge >= 0.3 is 0 Å². The van der Waals surface area contributed by atoms with Crippen LogP contribution in [0.3, 0.4) is 0 Å². The molecule has 1 N–H and O–H groups in total. The van der Waals surface area contributed by atoms with Gasteiger partial charge in [0.25, 0.3) is 0 Å². The Labute approximate surface area is 95.3 Å². The number of hydrogen-bond donors (Lipinski definition) is 1. The Bertz CT molecular complexity index is 362. The third-order valence-corrected chi connectivity index (χ3v) is 3.59. The minimum atomic E-state index is 0.596. The molecule has 15 heavy (non-hydrogen) atoms. The van der Waals surface area contributed by atoms with Crippen molar-refractivity contribution in [2.75, 3.05) is 11.9 Å². The maximum absolute atomic E-state index is 8.94. The molecular weight excluding hydrogens is 206 g/mol. The van der Waals surface area contributed by atoms with Gasteiger partial charge < -0.3 is 5.32 Å². The van der Waals surface area contributed by atoms with Crippen LogP contribution in [0.4, 0.5) is 5.00 Å². The SMILES string of the molecule is Cc1nsc(NCC(C)C(C)C)c1C#N. The molecule has 1 aromatic heterocycles. The third kappa shape index (κ3) is 2.93. The van der Waals surface area contributed by atoms with E-state index < -0.39 is 0 Å². The van der Waals surface area contributed by atoms with Crippen LogP contribution in [0.15, 0.2) is 0 Å². The minimum absolute atomic E-state index is 0.596. The summed E-state index contributed by atoms with van der Waals surface area (Å²) in [6.45, 7) is 9.38. The summed E-state index contributed by atoms with van der Waals surface area (Å²) in [5.41, 5.74) is 1.51. The number of aromatic nitrogens is 1. The van der Waals surface area contributed by atoms with Crippen LogP contribution in [0, 0.1) is 30.1 Å². The molecule has 0 aromatic carbocycles. The van der Waals surface area contributed by atoms with E-state index in [1.165, 1.54) is 11.5 Å². The van der Waals surface area contributed by atoms with Gasteiger partial charge in [0.15, 0.2) is 0 Å². The molecule has 0 bridgehead atoms. The highest BCUT2D eigenvalue weighted by Crippen LogP contribution is 2.24. The van der Waals surface area contributed by atoms with Crippen molar-refractivity contribution in [3.63, 3.8) is 0 Å². The Morgan fingerprint density at radius 2 is 2.13 bits per heavy atom. The van der Waals surface area contributed by atoms with E-state index in [0.29, 0.717) is 17.4 Å². The zero-order chi connectivity index (χ0) is 11.4. The fraction of sp³-hybridized carbons (Fsp3) is 0.636. The number of rotatable bonds is 4. The van der Waals surface area contributed by atoms with Crippen molar-refractivity contribution in [3.05, 3.63) is 11.3 Å². The molecule has 0 aliphatic rings. The van der Waals surface area contributed by atoms with Crippen molar-refractivity contribution >= 4 is 16.5 Å².